The van der Waals surface area contributed by atoms with E-state index in [1.165, 1.54) is 0 Å². The van der Waals surface area contributed by atoms with Gasteiger partial charge in [-0.15, -0.1) is 0 Å². The van der Waals surface area contributed by atoms with Gasteiger partial charge in [0.2, 0.25) is 11.8 Å². The Bertz CT molecular complexity index is 344. The summed E-state index contributed by atoms with van der Waals surface area (Å²) in [6, 6.07) is 0. The minimum Gasteiger partial charge on any atom is -0.340 e. The molecule has 0 bridgehead atoms. The van der Waals surface area contributed by atoms with Crippen LogP contribution in [0.2, 0.25) is 0 Å². The first-order valence-corrected chi connectivity index (χ1v) is 7.62. The topological polar surface area (TPSA) is 49.4 Å². The van der Waals surface area contributed by atoms with Crippen LogP contribution in [-0.2, 0) is 9.59 Å². The second-order valence-corrected chi connectivity index (χ2v) is 5.44. The summed E-state index contributed by atoms with van der Waals surface area (Å²) in [6.07, 6.45) is 3.52. The third kappa shape index (κ3) is 2.26. The summed E-state index contributed by atoms with van der Waals surface area (Å²) in [6.45, 7) is 10.6. The third-order valence-electron chi connectivity index (χ3n) is 4.77. The molecule has 2 amide bonds. The fourth-order valence-electron chi connectivity index (χ4n) is 3.18. The van der Waals surface area contributed by atoms with Crippen LogP contribution in [-0.4, -0.2) is 34.3 Å². The Morgan fingerprint density at radius 3 is 1.84 bits per heavy atom. The number of carbonyl (C=O) groups excluding carboxylic acids is 2. The zero-order valence-corrected chi connectivity index (χ0v) is 13.0. The van der Waals surface area contributed by atoms with E-state index in [0.29, 0.717) is 32.2 Å². The minimum absolute atomic E-state index is 0.0225. The van der Waals surface area contributed by atoms with Gasteiger partial charge in [-0.25, -0.2) is 0 Å². The predicted molar refractivity (Wildman–Crippen MR) is 76.8 cm³/mol. The van der Waals surface area contributed by atoms with Crippen LogP contribution in [0, 0.1) is 0 Å². The maximum atomic E-state index is 12.9. The molecule has 1 N–H and O–H groups in total. The van der Waals surface area contributed by atoms with Gasteiger partial charge in [0.25, 0.3) is 0 Å². The van der Waals surface area contributed by atoms with Crippen LogP contribution < -0.4 is 5.32 Å². The molecule has 4 nitrogen and oxygen atoms in total. The molecule has 0 aromatic carbocycles. The normalized spacial score (nSPS) is 21.4. The molecule has 1 saturated heterocycles. The molecule has 0 aliphatic carbocycles. The Kier molecular flexibility index (Phi) is 4.99. The highest BCUT2D eigenvalue weighted by Crippen LogP contribution is 2.34. The van der Waals surface area contributed by atoms with Crippen LogP contribution in [0.5, 0.6) is 0 Å². The quantitative estimate of drug-likeness (QED) is 0.804. The summed E-state index contributed by atoms with van der Waals surface area (Å²) in [5, 5.41) is 3.03. The summed E-state index contributed by atoms with van der Waals surface area (Å²) in [5.74, 6) is 0.122. The molecule has 19 heavy (non-hydrogen) atoms. The summed E-state index contributed by atoms with van der Waals surface area (Å²) >= 11 is 0. The number of amides is 2. The Morgan fingerprint density at radius 2 is 1.47 bits per heavy atom. The minimum atomic E-state index is -0.694. The monoisotopic (exact) mass is 268 g/mol. The highest BCUT2D eigenvalue weighted by atomic mass is 16.2. The van der Waals surface area contributed by atoms with Gasteiger partial charge in [0, 0.05) is 6.54 Å². The molecule has 1 fully saturated rings. The summed E-state index contributed by atoms with van der Waals surface area (Å²) in [7, 11) is 0. The van der Waals surface area contributed by atoms with E-state index in [2.05, 4.69) is 12.2 Å². The molecule has 1 heterocycles. The third-order valence-corrected chi connectivity index (χ3v) is 4.77. The molecular weight excluding hydrogens is 240 g/mol. The highest BCUT2D eigenvalue weighted by molar-refractivity contribution is 6.02. The van der Waals surface area contributed by atoms with Gasteiger partial charge in [-0.05, 0) is 32.1 Å². The van der Waals surface area contributed by atoms with Crippen molar-refractivity contribution >= 4 is 11.8 Å². The lowest BCUT2D eigenvalue weighted by Gasteiger charge is -2.52. The second kappa shape index (κ2) is 5.93. The van der Waals surface area contributed by atoms with Gasteiger partial charge in [-0.3, -0.25) is 9.59 Å². The van der Waals surface area contributed by atoms with Crippen molar-refractivity contribution in [1.29, 1.82) is 0 Å². The van der Waals surface area contributed by atoms with Crippen LogP contribution in [0.15, 0.2) is 0 Å². The fourth-order valence-corrected chi connectivity index (χ4v) is 3.18. The van der Waals surface area contributed by atoms with E-state index >= 15 is 0 Å². The first-order valence-electron chi connectivity index (χ1n) is 7.62. The zero-order valence-electron chi connectivity index (χ0n) is 13.0. The van der Waals surface area contributed by atoms with Gasteiger partial charge in [0.1, 0.15) is 11.1 Å². The molecule has 4 heteroatoms. The van der Waals surface area contributed by atoms with Crippen molar-refractivity contribution in [3.8, 4) is 0 Å². The van der Waals surface area contributed by atoms with Crippen LogP contribution in [0.1, 0.15) is 66.7 Å². The fraction of sp³-hybridized carbons (Fsp3) is 0.867. The summed E-state index contributed by atoms with van der Waals surface area (Å²) in [4.78, 5) is 27.4. The number of piperazine rings is 1. The van der Waals surface area contributed by atoms with Crippen molar-refractivity contribution in [3.63, 3.8) is 0 Å². The zero-order chi connectivity index (χ0) is 14.7. The maximum Gasteiger partial charge on any atom is 0.249 e. The Morgan fingerprint density at radius 1 is 0.947 bits per heavy atom. The molecule has 110 valence electrons. The first-order chi connectivity index (χ1) is 8.97. The van der Waals surface area contributed by atoms with E-state index in [4.69, 9.17) is 0 Å². The maximum absolute atomic E-state index is 12.9. The molecule has 0 saturated carbocycles. The molecular formula is C15H28N2O2. The van der Waals surface area contributed by atoms with Crippen LogP contribution in [0.25, 0.3) is 0 Å². The van der Waals surface area contributed by atoms with Gasteiger partial charge >= 0.3 is 0 Å². The molecule has 0 aromatic rings. The molecule has 0 unspecified atom stereocenters. The van der Waals surface area contributed by atoms with Gasteiger partial charge in [-0.1, -0.05) is 34.6 Å². The largest absolute Gasteiger partial charge is 0.340 e. The standard InChI is InChI=1S/C15H28N2O2/c1-6-11-17-13(19)14(7-2,8-3)16-12(18)15(17,9-4)10-5/h6-11H2,1-5H3,(H,16,18). The molecule has 1 aliphatic heterocycles. The van der Waals surface area contributed by atoms with E-state index in [1.54, 1.807) is 0 Å². The van der Waals surface area contributed by atoms with Crippen molar-refractivity contribution in [3.05, 3.63) is 0 Å². The van der Waals surface area contributed by atoms with Gasteiger partial charge in [0.05, 0.1) is 0 Å². The van der Waals surface area contributed by atoms with E-state index in [-0.39, 0.29) is 11.8 Å². The van der Waals surface area contributed by atoms with Crippen molar-refractivity contribution in [2.45, 2.75) is 77.8 Å². The van der Waals surface area contributed by atoms with Crippen LogP contribution in [0.3, 0.4) is 0 Å². The van der Waals surface area contributed by atoms with Gasteiger partial charge in [0.15, 0.2) is 0 Å². The average molecular weight is 268 g/mol. The van der Waals surface area contributed by atoms with Crippen LogP contribution in [0.4, 0.5) is 0 Å². The van der Waals surface area contributed by atoms with Gasteiger partial charge in [-0.2, -0.15) is 0 Å². The smallest absolute Gasteiger partial charge is 0.249 e. The Hall–Kier alpha value is -1.06. The number of carbonyl (C=O) groups is 2. The number of hydrogen-bond acceptors (Lipinski definition) is 2. The van der Waals surface area contributed by atoms with E-state index < -0.39 is 11.1 Å². The number of nitrogens with one attached hydrogen (secondary N) is 1. The van der Waals surface area contributed by atoms with Crippen molar-refractivity contribution in [2.24, 2.45) is 0 Å². The second-order valence-electron chi connectivity index (χ2n) is 5.44. The lowest BCUT2D eigenvalue weighted by atomic mass is 9.79. The van der Waals surface area contributed by atoms with Gasteiger partial charge < -0.3 is 10.2 Å². The van der Waals surface area contributed by atoms with Crippen molar-refractivity contribution < 1.29 is 9.59 Å². The van der Waals surface area contributed by atoms with E-state index in [9.17, 15) is 9.59 Å². The van der Waals surface area contributed by atoms with E-state index in [1.807, 2.05) is 32.6 Å². The number of rotatable bonds is 6. The summed E-state index contributed by atoms with van der Waals surface area (Å²) < 4.78 is 0. The molecule has 0 aromatic heterocycles. The average Bonchev–Trinajstić information content (AvgIpc) is 2.44. The van der Waals surface area contributed by atoms with Crippen molar-refractivity contribution in [2.75, 3.05) is 6.54 Å². The summed E-state index contributed by atoms with van der Waals surface area (Å²) in [5.41, 5.74) is -1.35. The molecule has 0 spiro atoms. The Balaban J connectivity index is 3.27. The Labute approximate surface area is 116 Å². The molecule has 0 atom stereocenters. The predicted octanol–water partition coefficient (Wildman–Crippen LogP) is 2.47. The van der Waals surface area contributed by atoms with Crippen molar-refractivity contribution in [1.82, 2.24) is 10.2 Å². The van der Waals surface area contributed by atoms with Crippen LogP contribution >= 0.6 is 0 Å². The highest BCUT2D eigenvalue weighted by Gasteiger charge is 2.55. The molecule has 1 aliphatic rings. The first kappa shape index (κ1) is 16.0. The lowest BCUT2D eigenvalue weighted by Crippen LogP contribution is -2.75. The van der Waals surface area contributed by atoms with E-state index in [0.717, 1.165) is 6.42 Å². The molecule has 0 radical (unpaired) electrons. The number of nitrogens with zero attached hydrogens (tertiary/aromatic N) is 1. The lowest BCUT2D eigenvalue weighted by molar-refractivity contribution is -0.164. The molecule has 1 rings (SSSR count). The SMILES string of the molecule is CCCN1C(=O)C(CC)(CC)NC(=O)C1(CC)CC. The number of hydrogen-bond donors (Lipinski definition) is 1.